The van der Waals surface area contributed by atoms with Crippen LogP contribution in [0.2, 0.25) is 0 Å². The van der Waals surface area contributed by atoms with E-state index < -0.39 is 0 Å². The van der Waals surface area contributed by atoms with E-state index in [0.29, 0.717) is 34.7 Å². The van der Waals surface area contributed by atoms with E-state index in [1.54, 1.807) is 13.0 Å². The SMILES string of the molecule is C=CCn1c(COc2ccccc2)nnc1SCC(=O)Nc1sc2c(c1C(=O)OCC)CCCCC2. The van der Waals surface area contributed by atoms with Gasteiger partial charge in [0.15, 0.2) is 11.0 Å². The first kappa shape index (κ1) is 26.0. The molecule has 1 aliphatic rings. The topological polar surface area (TPSA) is 95.3 Å². The first-order valence-corrected chi connectivity index (χ1v) is 13.9. The first-order chi connectivity index (χ1) is 17.6. The summed E-state index contributed by atoms with van der Waals surface area (Å²) >= 11 is 2.78. The number of benzene rings is 1. The third-order valence-electron chi connectivity index (χ3n) is 5.70. The van der Waals surface area contributed by atoms with Crippen LogP contribution in [0.3, 0.4) is 0 Å². The molecule has 2 heterocycles. The number of rotatable bonds is 11. The van der Waals surface area contributed by atoms with Crippen LogP contribution in [0, 0.1) is 0 Å². The number of amides is 1. The monoisotopic (exact) mass is 526 g/mol. The van der Waals surface area contributed by atoms with Crippen molar-refractivity contribution in [1.29, 1.82) is 0 Å². The molecule has 1 amide bonds. The number of carbonyl (C=O) groups excluding carboxylic acids is 2. The molecule has 10 heteroatoms. The fourth-order valence-electron chi connectivity index (χ4n) is 4.05. The molecule has 0 bridgehead atoms. The number of aryl methyl sites for hydroxylation is 1. The Morgan fingerprint density at radius 3 is 2.78 bits per heavy atom. The molecule has 8 nitrogen and oxygen atoms in total. The molecule has 1 aliphatic carbocycles. The number of esters is 1. The van der Waals surface area contributed by atoms with Gasteiger partial charge < -0.3 is 14.8 Å². The predicted molar refractivity (Wildman–Crippen MR) is 142 cm³/mol. The average Bonchev–Trinajstić information content (AvgIpc) is 3.34. The third kappa shape index (κ3) is 6.36. The van der Waals surface area contributed by atoms with Gasteiger partial charge in [0.1, 0.15) is 17.4 Å². The molecule has 1 aromatic carbocycles. The lowest BCUT2D eigenvalue weighted by atomic mass is 10.1. The molecule has 2 aromatic heterocycles. The summed E-state index contributed by atoms with van der Waals surface area (Å²) in [6, 6.07) is 9.49. The lowest BCUT2D eigenvalue weighted by Gasteiger charge is -2.10. The number of anilines is 1. The summed E-state index contributed by atoms with van der Waals surface area (Å²) in [5, 5.41) is 12.6. The zero-order valence-corrected chi connectivity index (χ0v) is 22.0. The van der Waals surface area contributed by atoms with Crippen LogP contribution in [-0.2, 0) is 35.5 Å². The molecule has 4 rings (SSSR count). The van der Waals surface area contributed by atoms with Gasteiger partial charge >= 0.3 is 5.97 Å². The Labute approximate surface area is 219 Å². The number of nitrogens with one attached hydrogen (secondary N) is 1. The summed E-state index contributed by atoms with van der Waals surface area (Å²) in [5.74, 6) is 0.935. The molecule has 1 N–H and O–H groups in total. The maximum atomic E-state index is 12.9. The average molecular weight is 527 g/mol. The van der Waals surface area contributed by atoms with E-state index >= 15 is 0 Å². The standard InChI is InChI=1S/C26H30N4O4S2/c1-3-15-30-21(16-34-18-11-7-5-8-12-18)28-29-26(30)35-17-22(31)27-24-23(25(32)33-4-2)19-13-9-6-10-14-20(19)36-24/h3,5,7-8,11-12H,1,4,6,9-10,13-17H2,2H3,(H,27,31). The predicted octanol–water partition coefficient (Wildman–Crippen LogP) is 5.28. The van der Waals surface area contributed by atoms with E-state index in [1.807, 2.05) is 34.9 Å². The summed E-state index contributed by atoms with van der Waals surface area (Å²) < 4.78 is 13.0. The number of carbonyl (C=O) groups is 2. The lowest BCUT2D eigenvalue weighted by molar-refractivity contribution is -0.113. The fourth-order valence-corrected chi connectivity index (χ4v) is 6.11. The summed E-state index contributed by atoms with van der Waals surface area (Å²) in [5.41, 5.74) is 1.56. The maximum Gasteiger partial charge on any atom is 0.341 e. The highest BCUT2D eigenvalue weighted by Gasteiger charge is 2.26. The number of fused-ring (bicyclic) bond motifs is 1. The van der Waals surface area contributed by atoms with Crippen LogP contribution in [0.25, 0.3) is 0 Å². The van der Waals surface area contributed by atoms with Gasteiger partial charge in [-0.25, -0.2) is 4.79 Å². The maximum absolute atomic E-state index is 12.9. The summed E-state index contributed by atoms with van der Waals surface area (Å²) in [7, 11) is 0. The minimum absolute atomic E-state index is 0.125. The van der Waals surface area contributed by atoms with E-state index in [0.717, 1.165) is 43.4 Å². The van der Waals surface area contributed by atoms with Crippen molar-refractivity contribution < 1.29 is 19.1 Å². The van der Waals surface area contributed by atoms with Gasteiger partial charge in [0.25, 0.3) is 0 Å². The van der Waals surface area contributed by atoms with Crippen LogP contribution in [0.5, 0.6) is 5.75 Å². The van der Waals surface area contributed by atoms with Crippen molar-refractivity contribution in [2.45, 2.75) is 57.3 Å². The number of thiophene rings is 1. The molecule has 190 valence electrons. The van der Waals surface area contributed by atoms with Crippen molar-refractivity contribution in [1.82, 2.24) is 14.8 Å². The van der Waals surface area contributed by atoms with Crippen LogP contribution in [-0.4, -0.2) is 39.0 Å². The van der Waals surface area contributed by atoms with E-state index in [4.69, 9.17) is 9.47 Å². The van der Waals surface area contributed by atoms with E-state index in [2.05, 4.69) is 22.1 Å². The van der Waals surface area contributed by atoms with Crippen LogP contribution in [0.15, 0.2) is 48.1 Å². The minimum Gasteiger partial charge on any atom is -0.486 e. The zero-order chi connectivity index (χ0) is 25.3. The van der Waals surface area contributed by atoms with Gasteiger partial charge in [0.05, 0.1) is 17.9 Å². The highest BCUT2D eigenvalue weighted by Crippen LogP contribution is 2.38. The van der Waals surface area contributed by atoms with E-state index in [-0.39, 0.29) is 24.2 Å². The summed E-state index contributed by atoms with van der Waals surface area (Å²) in [6.07, 6.45) is 6.79. The highest BCUT2D eigenvalue weighted by molar-refractivity contribution is 7.99. The Balaban J connectivity index is 1.43. The molecule has 0 saturated heterocycles. The Bertz CT molecular complexity index is 1210. The Hall–Kier alpha value is -3.11. The van der Waals surface area contributed by atoms with Crippen molar-refractivity contribution in [2.24, 2.45) is 0 Å². The molecule has 0 saturated carbocycles. The van der Waals surface area contributed by atoms with Crippen LogP contribution < -0.4 is 10.1 Å². The quantitative estimate of drug-likeness (QED) is 0.157. The molecule has 3 aromatic rings. The van der Waals surface area contributed by atoms with E-state index in [1.165, 1.54) is 28.0 Å². The van der Waals surface area contributed by atoms with Crippen molar-refractivity contribution in [3.63, 3.8) is 0 Å². The molecule has 0 spiro atoms. The summed E-state index contributed by atoms with van der Waals surface area (Å²) in [6.45, 7) is 6.65. The Morgan fingerprint density at radius 2 is 2.00 bits per heavy atom. The number of hydrogen-bond acceptors (Lipinski definition) is 8. The van der Waals surface area contributed by atoms with Crippen LogP contribution in [0.4, 0.5) is 5.00 Å². The fraction of sp³-hybridized carbons (Fsp3) is 0.385. The van der Waals surface area contributed by atoms with Gasteiger partial charge in [0, 0.05) is 11.4 Å². The molecule has 0 radical (unpaired) electrons. The van der Waals surface area contributed by atoms with Crippen molar-refractivity contribution in [3.05, 3.63) is 64.8 Å². The number of para-hydroxylation sites is 1. The second kappa shape index (κ2) is 12.7. The number of ether oxygens (including phenoxy) is 2. The van der Waals surface area contributed by atoms with Gasteiger partial charge in [0.2, 0.25) is 5.91 Å². The number of aromatic nitrogens is 3. The molecular weight excluding hydrogens is 496 g/mol. The second-order valence-corrected chi connectivity index (χ2v) is 10.3. The first-order valence-electron chi connectivity index (χ1n) is 12.1. The third-order valence-corrected chi connectivity index (χ3v) is 7.88. The zero-order valence-electron chi connectivity index (χ0n) is 20.3. The van der Waals surface area contributed by atoms with Crippen molar-refractivity contribution in [3.8, 4) is 5.75 Å². The van der Waals surface area contributed by atoms with Crippen molar-refractivity contribution >= 4 is 40.0 Å². The van der Waals surface area contributed by atoms with E-state index in [9.17, 15) is 9.59 Å². The van der Waals surface area contributed by atoms with Crippen LogP contribution in [0.1, 0.15) is 52.8 Å². The molecular formula is C26H30N4O4S2. The van der Waals surface area contributed by atoms with Crippen molar-refractivity contribution in [2.75, 3.05) is 17.7 Å². The van der Waals surface area contributed by atoms with Gasteiger partial charge in [-0.3, -0.25) is 9.36 Å². The highest BCUT2D eigenvalue weighted by atomic mass is 32.2. The number of nitrogens with zero attached hydrogens (tertiary/aromatic N) is 3. The smallest absolute Gasteiger partial charge is 0.341 e. The number of hydrogen-bond donors (Lipinski definition) is 1. The lowest BCUT2D eigenvalue weighted by Crippen LogP contribution is -2.17. The minimum atomic E-state index is -0.367. The normalized spacial score (nSPS) is 12.9. The second-order valence-electron chi connectivity index (χ2n) is 8.23. The number of allylic oxidation sites excluding steroid dienone is 1. The Kier molecular flexibility index (Phi) is 9.18. The van der Waals surface area contributed by atoms with Gasteiger partial charge in [-0.15, -0.1) is 28.1 Å². The molecule has 36 heavy (non-hydrogen) atoms. The molecule has 0 aliphatic heterocycles. The van der Waals surface area contributed by atoms with Crippen LogP contribution >= 0.6 is 23.1 Å². The summed E-state index contributed by atoms with van der Waals surface area (Å²) in [4.78, 5) is 26.8. The molecule has 0 unspecified atom stereocenters. The number of thioether (sulfide) groups is 1. The van der Waals surface area contributed by atoms with Gasteiger partial charge in [-0.1, -0.05) is 42.5 Å². The van der Waals surface area contributed by atoms with Gasteiger partial charge in [-0.2, -0.15) is 0 Å². The van der Waals surface area contributed by atoms with Gasteiger partial charge in [-0.05, 0) is 50.3 Å². The Morgan fingerprint density at radius 1 is 1.19 bits per heavy atom. The molecule has 0 atom stereocenters. The molecule has 0 fully saturated rings. The largest absolute Gasteiger partial charge is 0.486 e.